The highest BCUT2D eigenvalue weighted by atomic mass is 35.5. The number of benzene rings is 1. The number of carbonyl (C=O) groups is 5. The Morgan fingerprint density at radius 3 is 2.35 bits per heavy atom. The van der Waals surface area contributed by atoms with Crippen LogP contribution in [0.15, 0.2) is 18.2 Å². The SMILES string of the molecule is CCO[C@H]1CC(=O)O[C@H]1NC(=O)[N+]1(C(=O)[C@@H](NC(=O)c2ccc(NC(=O)C(C)C)cc2Cl)C(C)(C)C)CCCC1. The summed E-state index contributed by atoms with van der Waals surface area (Å²) in [6.07, 6.45) is -0.363. The van der Waals surface area contributed by atoms with Crippen molar-refractivity contribution >= 4 is 47.0 Å². The molecule has 3 rings (SSSR count). The molecule has 0 bridgehead atoms. The van der Waals surface area contributed by atoms with Crippen molar-refractivity contribution in [3.05, 3.63) is 28.8 Å². The van der Waals surface area contributed by atoms with Crippen LogP contribution in [0, 0.1) is 11.3 Å². The van der Waals surface area contributed by atoms with Gasteiger partial charge in [-0.3, -0.25) is 19.7 Å². The number of ether oxygens (including phenoxy) is 2. The fourth-order valence-corrected chi connectivity index (χ4v) is 5.10. The number of cyclic esters (lactones) is 1. The van der Waals surface area contributed by atoms with E-state index in [1.807, 2.05) is 0 Å². The molecule has 0 aliphatic carbocycles. The average molecular weight is 580 g/mol. The fourth-order valence-electron chi connectivity index (χ4n) is 4.83. The topological polar surface area (TPSA) is 140 Å². The molecule has 3 N–H and O–H groups in total. The Morgan fingerprint density at radius 2 is 1.80 bits per heavy atom. The van der Waals surface area contributed by atoms with Crippen molar-refractivity contribution < 1.29 is 37.9 Å². The fraction of sp³-hybridized carbons (Fsp3) is 0.607. The number of nitrogens with one attached hydrogen (secondary N) is 3. The van der Waals surface area contributed by atoms with Crippen molar-refractivity contribution in [3.63, 3.8) is 0 Å². The molecule has 2 aliphatic rings. The predicted molar refractivity (Wildman–Crippen MR) is 148 cm³/mol. The maximum atomic E-state index is 14.2. The van der Waals surface area contributed by atoms with Gasteiger partial charge in [0.1, 0.15) is 6.10 Å². The van der Waals surface area contributed by atoms with Crippen LogP contribution in [-0.4, -0.2) is 72.3 Å². The molecule has 2 saturated heterocycles. The molecule has 0 saturated carbocycles. The van der Waals surface area contributed by atoms with Crippen molar-refractivity contribution in [2.24, 2.45) is 11.3 Å². The van der Waals surface area contributed by atoms with Gasteiger partial charge in [-0.15, -0.1) is 0 Å². The minimum atomic E-state index is -1.05. The van der Waals surface area contributed by atoms with Gasteiger partial charge in [0.15, 0.2) is 6.04 Å². The number of imide groups is 1. The summed E-state index contributed by atoms with van der Waals surface area (Å²) in [4.78, 5) is 65.1. The number of hydrogen-bond donors (Lipinski definition) is 3. The molecule has 11 nitrogen and oxygen atoms in total. The first kappa shape index (κ1) is 31.5. The molecule has 5 amide bonds. The first-order chi connectivity index (χ1) is 18.7. The zero-order chi connectivity index (χ0) is 29.8. The van der Waals surface area contributed by atoms with Gasteiger partial charge in [-0.1, -0.05) is 46.2 Å². The van der Waals surface area contributed by atoms with E-state index in [0.29, 0.717) is 25.1 Å². The Bertz CT molecular complexity index is 1160. The number of rotatable bonds is 8. The number of carbonyl (C=O) groups excluding carboxylic acids is 5. The molecular formula is C28H40ClN4O7+. The first-order valence-corrected chi connectivity index (χ1v) is 14.0. The molecule has 3 atom stereocenters. The molecule has 12 heteroatoms. The Balaban J connectivity index is 1.84. The van der Waals surface area contributed by atoms with Gasteiger partial charge >= 0.3 is 17.9 Å². The highest BCUT2D eigenvalue weighted by molar-refractivity contribution is 6.34. The van der Waals surface area contributed by atoms with E-state index < -0.39 is 52.1 Å². The minimum absolute atomic E-state index is 0.00804. The number of anilines is 1. The second kappa shape index (κ2) is 12.7. The van der Waals surface area contributed by atoms with Crippen LogP contribution < -0.4 is 16.0 Å². The lowest BCUT2D eigenvalue weighted by atomic mass is 9.85. The molecule has 2 heterocycles. The third-order valence-electron chi connectivity index (χ3n) is 7.14. The zero-order valence-corrected chi connectivity index (χ0v) is 24.7. The minimum Gasteiger partial charge on any atom is -0.439 e. The molecule has 1 aromatic carbocycles. The molecule has 40 heavy (non-hydrogen) atoms. The van der Waals surface area contributed by atoms with Crippen LogP contribution >= 0.6 is 11.6 Å². The van der Waals surface area contributed by atoms with Gasteiger partial charge in [-0.25, -0.2) is 9.59 Å². The van der Waals surface area contributed by atoms with Gasteiger partial charge < -0.3 is 20.1 Å². The standard InChI is InChI=1S/C28H39ClN4O7/c1-7-39-20-15-21(34)40-25(20)32-27(38)33(12-8-9-13-33)26(37)22(28(4,5)6)31-24(36)18-11-10-17(14-19(18)29)30-23(35)16(2)3/h10-11,14,16,20,22,25H,7-9,12-13,15H2,1-6H3,(H2-,30,31,32,35,36,38)/p+1/t20-,22+,25+/m0/s1. The molecule has 0 spiro atoms. The maximum absolute atomic E-state index is 14.2. The average Bonchev–Trinajstić information content (AvgIpc) is 3.49. The van der Waals surface area contributed by atoms with Crippen LogP contribution in [0.1, 0.15) is 71.2 Å². The Hall–Kier alpha value is -3.02. The number of likely N-dealkylation sites (tertiary alicyclic amines) is 1. The molecule has 1 aromatic rings. The second-order valence-corrected chi connectivity index (χ2v) is 12.0. The van der Waals surface area contributed by atoms with E-state index in [-0.39, 0.29) is 41.9 Å². The summed E-state index contributed by atoms with van der Waals surface area (Å²) in [5.74, 6) is -1.97. The van der Waals surface area contributed by atoms with E-state index in [0.717, 1.165) is 0 Å². The summed E-state index contributed by atoms with van der Waals surface area (Å²) in [5, 5.41) is 8.36. The van der Waals surface area contributed by atoms with Crippen molar-refractivity contribution in [1.29, 1.82) is 0 Å². The predicted octanol–water partition coefficient (Wildman–Crippen LogP) is 3.60. The number of halogens is 1. The molecule has 0 aromatic heterocycles. The van der Waals surface area contributed by atoms with Gasteiger partial charge in [0.05, 0.1) is 30.1 Å². The van der Waals surface area contributed by atoms with Gasteiger partial charge in [0.2, 0.25) is 12.1 Å². The highest BCUT2D eigenvalue weighted by Crippen LogP contribution is 2.30. The Labute approximate surface area is 239 Å². The normalized spacial score (nSPS) is 21.1. The number of amides is 5. The van der Waals surface area contributed by atoms with E-state index in [1.54, 1.807) is 47.6 Å². The van der Waals surface area contributed by atoms with E-state index in [4.69, 9.17) is 21.1 Å². The summed E-state index contributed by atoms with van der Waals surface area (Å²) < 4.78 is 10.3. The monoisotopic (exact) mass is 579 g/mol. The number of esters is 1. The molecular weight excluding hydrogens is 540 g/mol. The van der Waals surface area contributed by atoms with Gasteiger partial charge in [-0.2, -0.15) is 4.48 Å². The Kier molecular flexibility index (Phi) is 9.97. The number of urea groups is 1. The molecule has 0 radical (unpaired) electrons. The molecule has 2 fully saturated rings. The maximum Gasteiger partial charge on any atom is 0.427 e. The van der Waals surface area contributed by atoms with Crippen LogP contribution in [0.5, 0.6) is 0 Å². The lowest BCUT2D eigenvalue weighted by Crippen LogP contribution is -2.68. The molecule has 2 aliphatic heterocycles. The smallest absolute Gasteiger partial charge is 0.427 e. The second-order valence-electron chi connectivity index (χ2n) is 11.6. The highest BCUT2D eigenvalue weighted by Gasteiger charge is 2.54. The largest absolute Gasteiger partial charge is 0.439 e. The molecule has 0 unspecified atom stereocenters. The van der Waals surface area contributed by atoms with Crippen LogP contribution in [0.4, 0.5) is 10.5 Å². The van der Waals surface area contributed by atoms with Gasteiger partial charge in [-0.05, 0) is 30.5 Å². The summed E-state index contributed by atoms with van der Waals surface area (Å²) in [6.45, 7) is 11.5. The Morgan fingerprint density at radius 1 is 1.15 bits per heavy atom. The van der Waals surface area contributed by atoms with Crippen LogP contribution in [0.2, 0.25) is 5.02 Å². The number of hydrogen-bond acceptors (Lipinski definition) is 7. The summed E-state index contributed by atoms with van der Waals surface area (Å²) >= 11 is 6.40. The van der Waals surface area contributed by atoms with Crippen molar-refractivity contribution in [2.75, 3.05) is 25.0 Å². The number of quaternary nitrogens is 1. The summed E-state index contributed by atoms with van der Waals surface area (Å²) in [7, 11) is 0. The lowest BCUT2D eigenvalue weighted by Gasteiger charge is -2.37. The van der Waals surface area contributed by atoms with Crippen molar-refractivity contribution in [1.82, 2.24) is 10.6 Å². The van der Waals surface area contributed by atoms with E-state index in [2.05, 4.69) is 16.0 Å². The van der Waals surface area contributed by atoms with Gasteiger partial charge in [0.25, 0.3) is 5.91 Å². The van der Waals surface area contributed by atoms with Crippen LogP contribution in [0.25, 0.3) is 0 Å². The summed E-state index contributed by atoms with van der Waals surface area (Å²) in [5.41, 5.74) is -0.187. The molecule has 220 valence electrons. The summed E-state index contributed by atoms with van der Waals surface area (Å²) in [6, 6.07) is 2.87. The van der Waals surface area contributed by atoms with Crippen molar-refractivity contribution in [3.8, 4) is 0 Å². The zero-order valence-electron chi connectivity index (χ0n) is 24.0. The lowest BCUT2D eigenvalue weighted by molar-refractivity contribution is -0.761. The van der Waals surface area contributed by atoms with Crippen LogP contribution in [-0.2, 0) is 23.9 Å². The van der Waals surface area contributed by atoms with E-state index >= 15 is 0 Å². The van der Waals surface area contributed by atoms with E-state index in [9.17, 15) is 24.0 Å². The van der Waals surface area contributed by atoms with Crippen molar-refractivity contribution in [2.45, 2.75) is 79.2 Å². The number of nitrogens with zero attached hydrogens (tertiary/aromatic N) is 1. The third-order valence-corrected chi connectivity index (χ3v) is 7.46. The quantitative estimate of drug-likeness (QED) is 0.316. The third kappa shape index (κ3) is 7.00. The van der Waals surface area contributed by atoms with Gasteiger partial charge in [0, 0.05) is 31.1 Å². The van der Waals surface area contributed by atoms with E-state index in [1.165, 1.54) is 12.1 Å². The first-order valence-electron chi connectivity index (χ1n) is 13.6. The van der Waals surface area contributed by atoms with Crippen LogP contribution in [0.3, 0.4) is 0 Å².